The van der Waals surface area contributed by atoms with Crippen LogP contribution in [0.2, 0.25) is 0 Å². The highest BCUT2D eigenvalue weighted by Crippen LogP contribution is 2.24. The third-order valence-electron chi connectivity index (χ3n) is 3.56. The fraction of sp³-hybridized carbons (Fsp3) is 0.467. The van der Waals surface area contributed by atoms with E-state index in [1.807, 2.05) is 0 Å². The number of likely N-dealkylation sites (N-methyl/N-ethyl adjacent to an activating group) is 1. The van der Waals surface area contributed by atoms with Gasteiger partial charge in [0, 0.05) is 19.1 Å². The predicted molar refractivity (Wildman–Crippen MR) is 75.8 cm³/mol. The fourth-order valence-electron chi connectivity index (χ4n) is 2.19. The minimum absolute atomic E-state index is 0.107. The van der Waals surface area contributed by atoms with Crippen LogP contribution < -0.4 is 5.32 Å². The maximum Gasteiger partial charge on any atom is 0.335 e. The summed E-state index contributed by atoms with van der Waals surface area (Å²) in [6.07, 6.45) is 2.60. The van der Waals surface area contributed by atoms with E-state index in [4.69, 9.17) is 5.11 Å². The Morgan fingerprint density at radius 3 is 2.70 bits per heavy atom. The second-order valence-corrected chi connectivity index (χ2v) is 5.20. The van der Waals surface area contributed by atoms with Crippen molar-refractivity contribution in [3.8, 4) is 0 Å². The van der Waals surface area contributed by atoms with Crippen LogP contribution >= 0.6 is 0 Å². The van der Waals surface area contributed by atoms with Crippen molar-refractivity contribution >= 4 is 11.9 Å². The van der Waals surface area contributed by atoms with E-state index in [1.54, 1.807) is 18.2 Å². The first kappa shape index (κ1) is 14.5. The van der Waals surface area contributed by atoms with Gasteiger partial charge >= 0.3 is 5.97 Å². The van der Waals surface area contributed by atoms with Crippen LogP contribution in [0.5, 0.6) is 0 Å². The molecular weight excluding hydrogens is 256 g/mol. The zero-order valence-electron chi connectivity index (χ0n) is 11.6. The molecule has 2 N–H and O–H groups in total. The standard InChI is InChI=1S/C15H20N2O3/c1-17(12-6-7-12)9-8-16-14(18)10-11-4-2-3-5-13(11)15(19)20/h2-5,12H,6-10H2,1H3,(H,16,18)(H,19,20). The molecule has 1 saturated carbocycles. The molecule has 5 nitrogen and oxygen atoms in total. The van der Waals surface area contributed by atoms with Gasteiger partial charge in [0.2, 0.25) is 5.91 Å². The topological polar surface area (TPSA) is 69.6 Å². The Morgan fingerprint density at radius 1 is 1.35 bits per heavy atom. The lowest BCUT2D eigenvalue weighted by molar-refractivity contribution is -0.120. The maximum absolute atomic E-state index is 11.8. The minimum Gasteiger partial charge on any atom is -0.478 e. The van der Waals surface area contributed by atoms with Crippen molar-refractivity contribution < 1.29 is 14.7 Å². The number of aromatic carboxylic acids is 1. The third-order valence-corrected chi connectivity index (χ3v) is 3.56. The Hall–Kier alpha value is -1.88. The molecule has 0 radical (unpaired) electrons. The second-order valence-electron chi connectivity index (χ2n) is 5.20. The first-order chi connectivity index (χ1) is 9.58. The summed E-state index contributed by atoms with van der Waals surface area (Å²) in [5.41, 5.74) is 0.741. The lowest BCUT2D eigenvalue weighted by atomic mass is 10.0. The van der Waals surface area contributed by atoms with Crippen LogP contribution in [0.1, 0.15) is 28.8 Å². The van der Waals surface area contributed by atoms with E-state index in [0.717, 1.165) is 6.54 Å². The average Bonchev–Trinajstić information content (AvgIpc) is 3.23. The van der Waals surface area contributed by atoms with E-state index >= 15 is 0 Å². The Labute approximate surface area is 118 Å². The molecule has 0 aliphatic heterocycles. The molecule has 0 heterocycles. The molecule has 2 rings (SSSR count). The van der Waals surface area contributed by atoms with Gasteiger partial charge in [-0.3, -0.25) is 4.79 Å². The Morgan fingerprint density at radius 2 is 2.05 bits per heavy atom. The number of carboxylic acid groups (broad SMARTS) is 1. The fourth-order valence-corrected chi connectivity index (χ4v) is 2.19. The van der Waals surface area contributed by atoms with Gasteiger partial charge in [0.1, 0.15) is 0 Å². The summed E-state index contributed by atoms with van der Waals surface area (Å²) in [5.74, 6) is -1.13. The summed E-state index contributed by atoms with van der Waals surface area (Å²) < 4.78 is 0. The molecule has 20 heavy (non-hydrogen) atoms. The van der Waals surface area contributed by atoms with Gasteiger partial charge in [-0.2, -0.15) is 0 Å². The van der Waals surface area contributed by atoms with Crippen LogP contribution in [0.15, 0.2) is 24.3 Å². The van der Waals surface area contributed by atoms with Gasteiger partial charge in [0.15, 0.2) is 0 Å². The SMILES string of the molecule is CN(CCNC(=O)Cc1ccccc1C(=O)O)C1CC1. The van der Waals surface area contributed by atoms with Crippen LogP contribution in [0, 0.1) is 0 Å². The molecule has 0 bridgehead atoms. The molecule has 1 aromatic rings. The number of amides is 1. The molecule has 0 atom stereocenters. The van der Waals surface area contributed by atoms with Crippen molar-refractivity contribution in [2.75, 3.05) is 20.1 Å². The number of carboxylic acids is 1. The molecule has 1 aromatic carbocycles. The normalized spacial score (nSPS) is 14.3. The zero-order valence-corrected chi connectivity index (χ0v) is 11.6. The van der Waals surface area contributed by atoms with Crippen molar-refractivity contribution in [2.24, 2.45) is 0 Å². The number of hydrogen-bond donors (Lipinski definition) is 2. The summed E-state index contributed by atoms with van der Waals surface area (Å²) in [7, 11) is 2.06. The van der Waals surface area contributed by atoms with Crippen LogP contribution in [0.3, 0.4) is 0 Å². The Bertz CT molecular complexity index is 498. The van der Waals surface area contributed by atoms with Crippen molar-refractivity contribution in [2.45, 2.75) is 25.3 Å². The van der Waals surface area contributed by atoms with Crippen LogP contribution in [-0.2, 0) is 11.2 Å². The molecule has 0 aromatic heterocycles. The van der Waals surface area contributed by atoms with Crippen LogP contribution in [0.25, 0.3) is 0 Å². The molecule has 1 aliphatic carbocycles. The smallest absolute Gasteiger partial charge is 0.335 e. The Balaban J connectivity index is 1.80. The molecule has 1 aliphatic rings. The highest BCUT2D eigenvalue weighted by Gasteiger charge is 2.25. The molecule has 0 saturated heterocycles. The Kier molecular flexibility index (Phi) is 4.74. The first-order valence-corrected chi connectivity index (χ1v) is 6.86. The number of carbonyl (C=O) groups is 2. The lowest BCUT2D eigenvalue weighted by Gasteiger charge is -2.15. The van der Waals surface area contributed by atoms with Gasteiger partial charge in [0.05, 0.1) is 12.0 Å². The van der Waals surface area contributed by atoms with E-state index in [9.17, 15) is 9.59 Å². The predicted octanol–water partition coefficient (Wildman–Crippen LogP) is 1.14. The second kappa shape index (κ2) is 6.52. The number of carbonyl (C=O) groups excluding carboxylic acids is 1. The van der Waals surface area contributed by atoms with Gasteiger partial charge < -0.3 is 15.3 Å². The molecule has 1 amide bonds. The lowest BCUT2D eigenvalue weighted by Crippen LogP contribution is -2.34. The molecular formula is C15H20N2O3. The molecule has 108 valence electrons. The van der Waals surface area contributed by atoms with Crippen LogP contribution in [0.4, 0.5) is 0 Å². The molecule has 5 heteroatoms. The minimum atomic E-state index is -0.998. The number of benzene rings is 1. The van der Waals surface area contributed by atoms with E-state index in [1.165, 1.54) is 18.9 Å². The third kappa shape index (κ3) is 4.06. The maximum atomic E-state index is 11.8. The van der Waals surface area contributed by atoms with Crippen molar-refractivity contribution in [1.29, 1.82) is 0 Å². The van der Waals surface area contributed by atoms with Gasteiger partial charge in [0.25, 0.3) is 0 Å². The van der Waals surface area contributed by atoms with Crippen molar-refractivity contribution in [3.05, 3.63) is 35.4 Å². The van der Waals surface area contributed by atoms with Crippen molar-refractivity contribution in [3.63, 3.8) is 0 Å². The zero-order chi connectivity index (χ0) is 14.5. The van der Waals surface area contributed by atoms with E-state index in [2.05, 4.69) is 17.3 Å². The monoisotopic (exact) mass is 276 g/mol. The van der Waals surface area contributed by atoms with Crippen LogP contribution in [-0.4, -0.2) is 48.1 Å². The van der Waals surface area contributed by atoms with Crippen molar-refractivity contribution in [1.82, 2.24) is 10.2 Å². The molecule has 0 unspecified atom stereocenters. The number of rotatable bonds is 7. The summed E-state index contributed by atoms with van der Waals surface area (Å²) in [5, 5.41) is 11.9. The van der Waals surface area contributed by atoms with E-state index in [-0.39, 0.29) is 17.9 Å². The highest BCUT2D eigenvalue weighted by atomic mass is 16.4. The summed E-state index contributed by atoms with van der Waals surface area (Å²) in [6.45, 7) is 1.43. The summed E-state index contributed by atoms with van der Waals surface area (Å²) in [6, 6.07) is 7.29. The number of nitrogens with zero attached hydrogens (tertiary/aromatic N) is 1. The van der Waals surface area contributed by atoms with E-state index < -0.39 is 5.97 Å². The molecule has 0 spiro atoms. The molecule has 1 fully saturated rings. The number of nitrogens with one attached hydrogen (secondary N) is 1. The first-order valence-electron chi connectivity index (χ1n) is 6.86. The number of hydrogen-bond acceptors (Lipinski definition) is 3. The van der Waals surface area contributed by atoms with Gasteiger partial charge in [-0.25, -0.2) is 4.79 Å². The summed E-state index contributed by atoms with van der Waals surface area (Å²) >= 11 is 0. The average molecular weight is 276 g/mol. The van der Waals surface area contributed by atoms with Gasteiger partial charge in [-0.1, -0.05) is 18.2 Å². The van der Waals surface area contributed by atoms with E-state index in [0.29, 0.717) is 18.2 Å². The quantitative estimate of drug-likeness (QED) is 0.783. The largest absolute Gasteiger partial charge is 0.478 e. The highest BCUT2D eigenvalue weighted by molar-refractivity contribution is 5.91. The van der Waals surface area contributed by atoms with Gasteiger partial charge in [-0.05, 0) is 31.5 Å². The summed E-state index contributed by atoms with van der Waals surface area (Å²) in [4.78, 5) is 25.1. The van der Waals surface area contributed by atoms with Gasteiger partial charge in [-0.15, -0.1) is 0 Å².